The van der Waals surface area contributed by atoms with Crippen LogP contribution in [0.1, 0.15) is 24.3 Å². The molecule has 4 heteroatoms. The van der Waals surface area contributed by atoms with E-state index in [1.807, 2.05) is 4.90 Å². The van der Waals surface area contributed by atoms with E-state index in [1.54, 1.807) is 0 Å². The van der Waals surface area contributed by atoms with Crippen LogP contribution in [0.15, 0.2) is 24.3 Å². The molecule has 1 aromatic carbocycles. The van der Waals surface area contributed by atoms with E-state index in [0.29, 0.717) is 5.92 Å². The van der Waals surface area contributed by atoms with Gasteiger partial charge in [-0.2, -0.15) is 0 Å². The quantitative estimate of drug-likeness (QED) is 0.880. The Bertz CT molecular complexity index is 555. The van der Waals surface area contributed by atoms with Gasteiger partial charge in [0.2, 0.25) is 5.91 Å². The molecule has 2 fully saturated rings. The van der Waals surface area contributed by atoms with Crippen LogP contribution in [0.5, 0.6) is 0 Å². The molecule has 4 rings (SSSR count). The van der Waals surface area contributed by atoms with Crippen molar-refractivity contribution in [3.05, 3.63) is 29.8 Å². The maximum Gasteiger partial charge on any atom is 0.226 e. The Morgan fingerprint density at radius 1 is 1.35 bits per heavy atom. The van der Waals surface area contributed by atoms with Crippen LogP contribution in [-0.4, -0.2) is 48.2 Å². The summed E-state index contributed by atoms with van der Waals surface area (Å²) in [6.07, 6.45) is 2.05. The predicted molar refractivity (Wildman–Crippen MR) is 76.7 cm³/mol. The third kappa shape index (κ3) is 1.54. The summed E-state index contributed by atoms with van der Waals surface area (Å²) < 4.78 is 0. The molecule has 0 aromatic heterocycles. The van der Waals surface area contributed by atoms with Crippen molar-refractivity contribution < 1.29 is 9.90 Å². The highest BCUT2D eigenvalue weighted by Gasteiger charge is 2.55. The fraction of sp³-hybridized carbons (Fsp3) is 0.562. The lowest BCUT2D eigenvalue weighted by Gasteiger charge is -2.59. The second-order valence-electron chi connectivity index (χ2n) is 6.30. The smallest absolute Gasteiger partial charge is 0.226 e. The fourth-order valence-corrected chi connectivity index (χ4v) is 3.93. The van der Waals surface area contributed by atoms with Crippen molar-refractivity contribution in [2.75, 3.05) is 25.1 Å². The molecular formula is C16H20N2O2. The number of likely N-dealkylation sites (tertiary alicyclic amines) is 1. The SMILES string of the molecule is CN1C[C@H]2[C@@H](c3ccccc31)[C@@H](CO)N2C(=O)C1CC1. The number of aliphatic hydroxyl groups is 1. The number of anilines is 1. The van der Waals surface area contributed by atoms with Crippen LogP contribution in [0.4, 0.5) is 5.69 Å². The van der Waals surface area contributed by atoms with Crippen LogP contribution in [0.25, 0.3) is 0 Å². The largest absolute Gasteiger partial charge is 0.394 e. The molecule has 1 aromatic rings. The molecule has 2 heterocycles. The average molecular weight is 272 g/mol. The molecule has 0 bridgehead atoms. The molecule has 1 amide bonds. The summed E-state index contributed by atoms with van der Waals surface area (Å²) >= 11 is 0. The number of rotatable bonds is 2. The summed E-state index contributed by atoms with van der Waals surface area (Å²) in [7, 11) is 2.08. The minimum atomic E-state index is -0.0250. The van der Waals surface area contributed by atoms with E-state index in [9.17, 15) is 9.90 Å². The van der Waals surface area contributed by atoms with E-state index in [0.717, 1.165) is 19.4 Å². The predicted octanol–water partition coefficient (Wildman–Crippen LogP) is 1.20. The molecule has 20 heavy (non-hydrogen) atoms. The summed E-state index contributed by atoms with van der Waals surface area (Å²) in [5, 5.41) is 9.73. The Kier molecular flexibility index (Phi) is 2.58. The van der Waals surface area contributed by atoms with Gasteiger partial charge in [0.1, 0.15) is 0 Å². The van der Waals surface area contributed by atoms with Crippen LogP contribution in [-0.2, 0) is 4.79 Å². The molecule has 0 unspecified atom stereocenters. The lowest BCUT2D eigenvalue weighted by atomic mass is 9.72. The zero-order chi connectivity index (χ0) is 13.9. The summed E-state index contributed by atoms with van der Waals surface area (Å²) in [5.41, 5.74) is 2.52. The number of likely N-dealkylation sites (N-methyl/N-ethyl adjacent to an activating group) is 1. The van der Waals surface area contributed by atoms with Gasteiger partial charge in [-0.1, -0.05) is 18.2 Å². The molecule has 3 aliphatic rings. The Hall–Kier alpha value is -1.55. The number of fused-ring (bicyclic) bond motifs is 3. The van der Waals surface area contributed by atoms with Gasteiger partial charge in [0, 0.05) is 31.1 Å². The number of hydrogen-bond acceptors (Lipinski definition) is 3. The first kappa shape index (κ1) is 12.2. The van der Waals surface area contributed by atoms with Gasteiger partial charge in [-0.3, -0.25) is 4.79 Å². The molecule has 1 saturated heterocycles. The highest BCUT2D eigenvalue weighted by atomic mass is 16.3. The molecule has 3 atom stereocenters. The zero-order valence-electron chi connectivity index (χ0n) is 11.7. The molecular weight excluding hydrogens is 252 g/mol. The van der Waals surface area contributed by atoms with Crippen molar-refractivity contribution in [3.8, 4) is 0 Å². The van der Waals surface area contributed by atoms with E-state index >= 15 is 0 Å². The van der Waals surface area contributed by atoms with Crippen LogP contribution in [0.2, 0.25) is 0 Å². The van der Waals surface area contributed by atoms with Crippen molar-refractivity contribution in [2.45, 2.75) is 30.8 Å². The third-order valence-electron chi connectivity index (χ3n) is 5.08. The lowest BCUT2D eigenvalue weighted by molar-refractivity contribution is -0.151. The van der Waals surface area contributed by atoms with Crippen molar-refractivity contribution in [1.29, 1.82) is 0 Å². The van der Waals surface area contributed by atoms with Gasteiger partial charge in [-0.15, -0.1) is 0 Å². The van der Waals surface area contributed by atoms with Crippen molar-refractivity contribution in [3.63, 3.8) is 0 Å². The number of carbonyl (C=O) groups is 1. The molecule has 2 aliphatic heterocycles. The maximum absolute atomic E-state index is 12.4. The molecule has 4 nitrogen and oxygen atoms in total. The van der Waals surface area contributed by atoms with E-state index < -0.39 is 0 Å². The van der Waals surface area contributed by atoms with Gasteiger partial charge >= 0.3 is 0 Å². The second-order valence-corrected chi connectivity index (χ2v) is 6.30. The van der Waals surface area contributed by atoms with E-state index in [1.165, 1.54) is 11.3 Å². The summed E-state index contributed by atoms with van der Waals surface area (Å²) in [6.45, 7) is 0.939. The van der Waals surface area contributed by atoms with Gasteiger partial charge in [-0.25, -0.2) is 0 Å². The van der Waals surface area contributed by atoms with Gasteiger partial charge in [-0.05, 0) is 24.5 Å². The molecule has 0 spiro atoms. The Morgan fingerprint density at radius 3 is 2.80 bits per heavy atom. The number of aliphatic hydroxyl groups excluding tert-OH is 1. The summed E-state index contributed by atoms with van der Waals surface area (Å²) in [4.78, 5) is 16.6. The topological polar surface area (TPSA) is 43.8 Å². The highest BCUT2D eigenvalue weighted by Crippen LogP contribution is 2.49. The Morgan fingerprint density at radius 2 is 2.10 bits per heavy atom. The van der Waals surface area contributed by atoms with Crippen LogP contribution in [0, 0.1) is 5.92 Å². The van der Waals surface area contributed by atoms with Crippen LogP contribution < -0.4 is 4.90 Å². The molecule has 1 saturated carbocycles. The third-order valence-corrected chi connectivity index (χ3v) is 5.08. The lowest BCUT2D eigenvalue weighted by Crippen LogP contribution is -2.70. The zero-order valence-corrected chi connectivity index (χ0v) is 11.7. The first-order valence-electron chi connectivity index (χ1n) is 7.45. The second kappa shape index (κ2) is 4.22. The minimum Gasteiger partial charge on any atom is -0.394 e. The Labute approximate surface area is 119 Å². The van der Waals surface area contributed by atoms with Gasteiger partial charge < -0.3 is 14.9 Å². The molecule has 1 N–H and O–H groups in total. The minimum absolute atomic E-state index is 0.0250. The first-order valence-corrected chi connectivity index (χ1v) is 7.45. The van der Waals surface area contributed by atoms with E-state index in [-0.39, 0.29) is 30.5 Å². The van der Waals surface area contributed by atoms with E-state index in [2.05, 4.69) is 36.2 Å². The number of carbonyl (C=O) groups excluding carboxylic acids is 1. The van der Waals surface area contributed by atoms with Gasteiger partial charge in [0.05, 0.1) is 18.7 Å². The number of benzene rings is 1. The summed E-state index contributed by atoms with van der Waals surface area (Å²) in [6, 6.07) is 8.59. The number of hydrogen-bond donors (Lipinski definition) is 1. The highest BCUT2D eigenvalue weighted by molar-refractivity contribution is 5.84. The van der Waals surface area contributed by atoms with Gasteiger partial charge in [0.25, 0.3) is 0 Å². The van der Waals surface area contributed by atoms with Crippen molar-refractivity contribution >= 4 is 11.6 Å². The molecule has 0 radical (unpaired) electrons. The number of para-hydroxylation sites is 1. The molecule has 106 valence electrons. The van der Waals surface area contributed by atoms with Crippen LogP contribution >= 0.6 is 0 Å². The van der Waals surface area contributed by atoms with Gasteiger partial charge in [0.15, 0.2) is 0 Å². The Balaban J connectivity index is 1.69. The first-order chi connectivity index (χ1) is 9.72. The maximum atomic E-state index is 12.4. The fourth-order valence-electron chi connectivity index (χ4n) is 3.93. The van der Waals surface area contributed by atoms with Crippen molar-refractivity contribution in [2.24, 2.45) is 5.92 Å². The monoisotopic (exact) mass is 272 g/mol. The molecule has 1 aliphatic carbocycles. The van der Waals surface area contributed by atoms with Crippen molar-refractivity contribution in [1.82, 2.24) is 4.90 Å². The van der Waals surface area contributed by atoms with E-state index in [4.69, 9.17) is 0 Å². The number of amides is 1. The normalized spacial score (nSPS) is 31.4. The number of nitrogens with zero attached hydrogens (tertiary/aromatic N) is 2. The average Bonchev–Trinajstić information content (AvgIpc) is 3.27. The van der Waals surface area contributed by atoms with Crippen LogP contribution in [0.3, 0.4) is 0 Å². The summed E-state index contributed by atoms with van der Waals surface area (Å²) in [5.74, 6) is 0.792. The standard InChI is InChI=1S/C16H20N2O2/c1-17-8-13-15(11-4-2-3-5-12(11)17)14(9-19)18(13)16(20)10-6-7-10/h2-5,10,13-15,19H,6-9H2,1H3/t13-,14+,15+/m0/s1.